The minimum atomic E-state index is -0.235. The van der Waals surface area contributed by atoms with Crippen molar-refractivity contribution in [3.8, 4) is 5.75 Å². The van der Waals surface area contributed by atoms with Crippen LogP contribution in [0, 0.1) is 0 Å². The van der Waals surface area contributed by atoms with Gasteiger partial charge >= 0.3 is 0 Å². The van der Waals surface area contributed by atoms with E-state index in [2.05, 4.69) is 43.8 Å². The van der Waals surface area contributed by atoms with Crippen LogP contribution in [0.5, 0.6) is 5.75 Å². The Labute approximate surface area is 135 Å². The van der Waals surface area contributed by atoms with Crippen LogP contribution in [0.2, 0.25) is 0 Å². The van der Waals surface area contributed by atoms with E-state index in [0.29, 0.717) is 6.61 Å². The molecule has 1 unspecified atom stereocenters. The first-order valence-corrected chi connectivity index (χ1v) is 7.98. The highest BCUT2D eigenvalue weighted by atomic mass is 79.9. The monoisotopic (exact) mass is 398 g/mol. The Morgan fingerprint density at radius 2 is 1.80 bits per heavy atom. The topological polar surface area (TPSA) is 48.1 Å². The molecule has 106 valence electrons. The van der Waals surface area contributed by atoms with Gasteiger partial charge in [-0.25, -0.2) is 0 Å². The molecule has 2 aromatic rings. The number of halogens is 2. The minimum absolute atomic E-state index is 0.235. The summed E-state index contributed by atoms with van der Waals surface area (Å²) in [4.78, 5) is 4.20. The molecule has 2 N–H and O–H groups in total. The number of pyridine rings is 1. The Morgan fingerprint density at radius 1 is 1.10 bits per heavy atom. The quantitative estimate of drug-likeness (QED) is 0.808. The lowest BCUT2D eigenvalue weighted by Gasteiger charge is -2.14. The highest BCUT2D eigenvalue weighted by Gasteiger charge is 2.12. The van der Waals surface area contributed by atoms with Crippen molar-refractivity contribution in [1.29, 1.82) is 0 Å². The zero-order chi connectivity index (χ0) is 14.5. The summed E-state index contributed by atoms with van der Waals surface area (Å²) >= 11 is 6.95. The number of hydrogen-bond donors (Lipinski definition) is 1. The second-order valence-electron chi connectivity index (χ2n) is 4.48. The number of benzene rings is 1. The third-order valence-corrected chi connectivity index (χ3v) is 3.73. The van der Waals surface area contributed by atoms with Crippen molar-refractivity contribution in [1.82, 2.24) is 4.98 Å². The Balaban J connectivity index is 2.25. The molecule has 3 nitrogen and oxygen atoms in total. The Morgan fingerprint density at radius 3 is 2.45 bits per heavy atom. The smallest absolute Gasteiger partial charge is 0.137 e. The summed E-state index contributed by atoms with van der Waals surface area (Å²) in [6.07, 6.45) is 4.45. The maximum atomic E-state index is 6.31. The molecule has 5 heteroatoms. The molecule has 0 fully saturated rings. The van der Waals surface area contributed by atoms with Crippen molar-refractivity contribution in [3.63, 3.8) is 0 Å². The molecular weight excluding hydrogens is 384 g/mol. The van der Waals surface area contributed by atoms with E-state index >= 15 is 0 Å². The van der Waals surface area contributed by atoms with Crippen LogP contribution in [-0.2, 0) is 0 Å². The molecule has 0 amide bonds. The van der Waals surface area contributed by atoms with Crippen molar-refractivity contribution in [2.45, 2.75) is 19.4 Å². The predicted octanol–water partition coefficient (Wildman–Crippen LogP) is 4.44. The fourth-order valence-electron chi connectivity index (χ4n) is 1.85. The van der Waals surface area contributed by atoms with Crippen LogP contribution < -0.4 is 10.5 Å². The molecule has 1 aromatic carbocycles. The molecule has 0 aliphatic rings. The molecular formula is C15H16Br2N2O. The van der Waals surface area contributed by atoms with E-state index in [9.17, 15) is 0 Å². The van der Waals surface area contributed by atoms with E-state index in [0.717, 1.165) is 32.2 Å². The average Bonchev–Trinajstić information content (AvgIpc) is 2.43. The molecule has 1 aromatic heterocycles. The summed E-state index contributed by atoms with van der Waals surface area (Å²) in [6, 6.07) is 7.71. The lowest BCUT2D eigenvalue weighted by atomic mass is 10.0. The van der Waals surface area contributed by atoms with Gasteiger partial charge in [0.15, 0.2) is 0 Å². The average molecular weight is 400 g/mol. The van der Waals surface area contributed by atoms with Gasteiger partial charge in [-0.1, -0.05) is 38.8 Å². The number of ether oxygens (including phenoxy) is 1. The summed E-state index contributed by atoms with van der Waals surface area (Å²) in [6.45, 7) is 2.75. The maximum Gasteiger partial charge on any atom is 0.137 e. The molecule has 0 saturated carbocycles. The van der Waals surface area contributed by atoms with E-state index in [1.807, 2.05) is 24.3 Å². The van der Waals surface area contributed by atoms with Gasteiger partial charge in [0.05, 0.1) is 18.8 Å². The SMILES string of the molecule is CCCOc1cncc(C(N)c2cc(Br)cc(Br)c2)c1. The highest BCUT2D eigenvalue weighted by molar-refractivity contribution is 9.11. The molecule has 0 spiro atoms. The zero-order valence-electron chi connectivity index (χ0n) is 11.1. The van der Waals surface area contributed by atoms with Gasteiger partial charge < -0.3 is 10.5 Å². The van der Waals surface area contributed by atoms with Crippen LogP contribution in [0.15, 0.2) is 45.6 Å². The van der Waals surface area contributed by atoms with E-state index in [1.165, 1.54) is 0 Å². The zero-order valence-corrected chi connectivity index (χ0v) is 14.3. The van der Waals surface area contributed by atoms with Gasteiger partial charge in [0.25, 0.3) is 0 Å². The van der Waals surface area contributed by atoms with Crippen LogP contribution in [-0.4, -0.2) is 11.6 Å². The van der Waals surface area contributed by atoms with E-state index in [4.69, 9.17) is 10.5 Å². The van der Waals surface area contributed by atoms with Gasteiger partial charge in [0.2, 0.25) is 0 Å². The maximum absolute atomic E-state index is 6.31. The lowest BCUT2D eigenvalue weighted by molar-refractivity contribution is 0.315. The summed E-state index contributed by atoms with van der Waals surface area (Å²) in [5.41, 5.74) is 8.26. The first-order valence-electron chi connectivity index (χ1n) is 6.39. The molecule has 0 saturated heterocycles. The molecule has 2 rings (SSSR count). The summed E-state index contributed by atoms with van der Waals surface area (Å²) in [5, 5.41) is 0. The van der Waals surface area contributed by atoms with Crippen LogP contribution >= 0.6 is 31.9 Å². The summed E-state index contributed by atoms with van der Waals surface area (Å²) in [7, 11) is 0. The second-order valence-corrected chi connectivity index (χ2v) is 6.31. The lowest BCUT2D eigenvalue weighted by Crippen LogP contribution is -2.12. The number of aromatic nitrogens is 1. The van der Waals surface area contributed by atoms with Crippen molar-refractivity contribution in [2.75, 3.05) is 6.61 Å². The molecule has 0 bridgehead atoms. The summed E-state index contributed by atoms with van der Waals surface area (Å²) < 4.78 is 7.57. The van der Waals surface area contributed by atoms with E-state index in [1.54, 1.807) is 12.4 Å². The Kier molecular flexibility index (Phi) is 5.57. The number of hydrogen-bond acceptors (Lipinski definition) is 3. The van der Waals surface area contributed by atoms with Gasteiger partial charge in [0, 0.05) is 15.1 Å². The van der Waals surface area contributed by atoms with Gasteiger partial charge in [-0.15, -0.1) is 0 Å². The first-order chi connectivity index (χ1) is 9.60. The Bertz CT molecular complexity index is 570. The van der Waals surface area contributed by atoms with Gasteiger partial charge in [-0.05, 0) is 41.8 Å². The standard InChI is InChI=1S/C15H16Br2N2O/c1-2-3-20-14-6-11(8-19-9-14)15(18)10-4-12(16)7-13(17)5-10/h4-9,15H,2-3,18H2,1H3. The van der Waals surface area contributed by atoms with Crippen molar-refractivity contribution < 1.29 is 4.74 Å². The van der Waals surface area contributed by atoms with Crippen molar-refractivity contribution in [2.24, 2.45) is 5.73 Å². The molecule has 1 atom stereocenters. The van der Waals surface area contributed by atoms with E-state index in [-0.39, 0.29) is 6.04 Å². The van der Waals surface area contributed by atoms with Gasteiger partial charge in [-0.2, -0.15) is 0 Å². The number of nitrogens with zero attached hydrogens (tertiary/aromatic N) is 1. The minimum Gasteiger partial charge on any atom is -0.492 e. The summed E-state index contributed by atoms with van der Waals surface area (Å²) in [5.74, 6) is 0.758. The third-order valence-electron chi connectivity index (χ3n) is 2.81. The van der Waals surface area contributed by atoms with Crippen LogP contribution in [0.25, 0.3) is 0 Å². The fourth-order valence-corrected chi connectivity index (χ4v) is 3.18. The molecule has 0 aliphatic carbocycles. The number of rotatable bonds is 5. The predicted molar refractivity (Wildman–Crippen MR) is 87.9 cm³/mol. The van der Waals surface area contributed by atoms with Crippen molar-refractivity contribution >= 4 is 31.9 Å². The van der Waals surface area contributed by atoms with Crippen LogP contribution in [0.4, 0.5) is 0 Å². The fraction of sp³-hybridized carbons (Fsp3) is 0.267. The molecule has 1 heterocycles. The van der Waals surface area contributed by atoms with Gasteiger partial charge in [-0.3, -0.25) is 4.98 Å². The third kappa shape index (κ3) is 4.04. The largest absolute Gasteiger partial charge is 0.492 e. The normalized spacial score (nSPS) is 12.2. The Hall–Kier alpha value is -0.910. The van der Waals surface area contributed by atoms with Crippen LogP contribution in [0.1, 0.15) is 30.5 Å². The molecule has 0 radical (unpaired) electrons. The van der Waals surface area contributed by atoms with Gasteiger partial charge in [0.1, 0.15) is 5.75 Å². The van der Waals surface area contributed by atoms with Crippen molar-refractivity contribution in [3.05, 3.63) is 56.7 Å². The second kappa shape index (κ2) is 7.20. The van der Waals surface area contributed by atoms with Crippen LogP contribution in [0.3, 0.4) is 0 Å². The highest BCUT2D eigenvalue weighted by Crippen LogP contribution is 2.27. The molecule has 0 aliphatic heterocycles. The van der Waals surface area contributed by atoms with E-state index < -0.39 is 0 Å². The first kappa shape index (κ1) is 15.5. The molecule has 20 heavy (non-hydrogen) atoms. The number of nitrogens with two attached hydrogens (primary N) is 1.